The number of rotatable bonds is 4. The zero-order chi connectivity index (χ0) is 16.4. The Morgan fingerprint density at radius 1 is 1.12 bits per heavy atom. The zero-order valence-electron chi connectivity index (χ0n) is 14.1. The van der Waals surface area contributed by atoms with Crippen LogP contribution in [0.25, 0.3) is 10.9 Å². The summed E-state index contributed by atoms with van der Waals surface area (Å²) in [6.45, 7) is 5.01. The summed E-state index contributed by atoms with van der Waals surface area (Å²) in [5.74, 6) is 0.561. The first-order valence-corrected chi connectivity index (χ1v) is 9.08. The Morgan fingerprint density at radius 2 is 1.96 bits per heavy atom. The van der Waals surface area contributed by atoms with Crippen LogP contribution in [0.1, 0.15) is 25.7 Å². The Hall–Kier alpha value is -1.72. The number of likely N-dealkylation sites (tertiary alicyclic amines) is 1. The number of piperidine rings is 1. The molecule has 4 rings (SSSR count). The molecule has 0 radical (unpaired) electrons. The summed E-state index contributed by atoms with van der Waals surface area (Å²) in [5.41, 5.74) is 0.868. The van der Waals surface area contributed by atoms with Gasteiger partial charge in [-0.15, -0.1) is 0 Å². The first kappa shape index (κ1) is 15.8. The second kappa shape index (κ2) is 7.03. The van der Waals surface area contributed by atoms with Gasteiger partial charge in [-0.25, -0.2) is 4.98 Å². The van der Waals surface area contributed by atoms with Crippen LogP contribution in [0, 0.1) is 5.92 Å². The minimum absolute atomic E-state index is 0.0855. The van der Waals surface area contributed by atoms with Gasteiger partial charge in [-0.1, -0.05) is 12.1 Å². The average Bonchev–Trinajstić information content (AvgIpc) is 3.12. The van der Waals surface area contributed by atoms with Crippen LogP contribution in [0.15, 0.2) is 35.4 Å². The highest BCUT2D eigenvalue weighted by Crippen LogP contribution is 2.21. The molecule has 0 aliphatic carbocycles. The molecule has 3 heterocycles. The Balaban J connectivity index is 1.37. The van der Waals surface area contributed by atoms with E-state index >= 15 is 0 Å². The normalized spacial score (nSPS) is 23.1. The summed E-state index contributed by atoms with van der Waals surface area (Å²) in [6.07, 6.45) is 6.85. The lowest BCUT2D eigenvalue weighted by atomic mass is 9.96. The number of hydrogen-bond donors (Lipinski definition) is 0. The van der Waals surface area contributed by atoms with Crippen LogP contribution in [0.2, 0.25) is 0 Å². The van der Waals surface area contributed by atoms with E-state index in [4.69, 9.17) is 4.74 Å². The monoisotopic (exact) mass is 327 g/mol. The first-order valence-electron chi connectivity index (χ1n) is 9.08. The van der Waals surface area contributed by atoms with Gasteiger partial charge in [-0.3, -0.25) is 9.36 Å². The minimum atomic E-state index is 0.0855. The van der Waals surface area contributed by atoms with Gasteiger partial charge in [0.05, 0.1) is 23.3 Å². The number of benzene rings is 1. The second-order valence-electron chi connectivity index (χ2n) is 7.10. The number of hydrogen-bond acceptors (Lipinski definition) is 4. The molecule has 0 spiro atoms. The molecule has 5 nitrogen and oxygen atoms in total. The summed E-state index contributed by atoms with van der Waals surface area (Å²) in [5, 5.41) is 0.718. The van der Waals surface area contributed by atoms with E-state index in [-0.39, 0.29) is 5.56 Å². The molecule has 1 aromatic heterocycles. The summed E-state index contributed by atoms with van der Waals surface area (Å²) in [7, 11) is 0. The van der Waals surface area contributed by atoms with Crippen LogP contribution < -0.4 is 5.56 Å². The van der Waals surface area contributed by atoms with E-state index in [1.807, 2.05) is 24.3 Å². The van der Waals surface area contributed by atoms with E-state index in [2.05, 4.69) is 9.88 Å². The molecule has 1 aromatic carbocycles. The smallest absolute Gasteiger partial charge is 0.261 e. The van der Waals surface area contributed by atoms with Crippen molar-refractivity contribution in [3.63, 3.8) is 0 Å². The molecule has 2 saturated heterocycles. The van der Waals surface area contributed by atoms with E-state index in [1.165, 1.54) is 12.8 Å². The number of aromatic nitrogens is 2. The standard InChI is InChI=1S/C19H25N3O2/c23-19-17-5-1-2-6-18(17)20-14-22(19)12-15-7-9-21(10-8-15)13-16-4-3-11-24-16/h1-2,5-6,14-16H,3-4,7-13H2. The van der Waals surface area contributed by atoms with Crippen molar-refractivity contribution >= 4 is 10.9 Å². The van der Waals surface area contributed by atoms with Crippen molar-refractivity contribution in [1.82, 2.24) is 14.5 Å². The average molecular weight is 327 g/mol. The van der Waals surface area contributed by atoms with Gasteiger partial charge in [0.2, 0.25) is 0 Å². The van der Waals surface area contributed by atoms with Crippen molar-refractivity contribution in [3.05, 3.63) is 40.9 Å². The van der Waals surface area contributed by atoms with E-state index < -0.39 is 0 Å². The molecule has 24 heavy (non-hydrogen) atoms. The van der Waals surface area contributed by atoms with E-state index in [1.54, 1.807) is 10.9 Å². The van der Waals surface area contributed by atoms with Crippen molar-refractivity contribution in [3.8, 4) is 0 Å². The van der Waals surface area contributed by atoms with Crippen LogP contribution >= 0.6 is 0 Å². The Labute approximate surface area is 142 Å². The maximum Gasteiger partial charge on any atom is 0.261 e. The molecule has 1 atom stereocenters. The highest BCUT2D eigenvalue weighted by molar-refractivity contribution is 5.76. The maximum absolute atomic E-state index is 12.6. The van der Waals surface area contributed by atoms with Gasteiger partial charge in [0.15, 0.2) is 0 Å². The lowest BCUT2D eigenvalue weighted by Gasteiger charge is -2.33. The fraction of sp³-hybridized carbons (Fsp3) is 0.579. The van der Waals surface area contributed by atoms with E-state index in [0.29, 0.717) is 12.0 Å². The number of ether oxygens (including phenoxy) is 1. The third-order valence-corrected chi connectivity index (χ3v) is 5.38. The van der Waals surface area contributed by atoms with Crippen LogP contribution in [0.3, 0.4) is 0 Å². The second-order valence-corrected chi connectivity index (χ2v) is 7.10. The molecule has 2 aromatic rings. The minimum Gasteiger partial charge on any atom is -0.377 e. The van der Waals surface area contributed by atoms with Crippen molar-refractivity contribution in [1.29, 1.82) is 0 Å². The number of fused-ring (bicyclic) bond motifs is 1. The predicted octanol–water partition coefficient (Wildman–Crippen LogP) is 2.29. The summed E-state index contributed by atoms with van der Waals surface area (Å²) in [4.78, 5) is 19.5. The van der Waals surface area contributed by atoms with Gasteiger partial charge < -0.3 is 9.64 Å². The molecule has 5 heteroatoms. The molecular formula is C19H25N3O2. The Bertz CT molecular complexity index is 744. The van der Waals surface area contributed by atoms with Crippen molar-refractivity contribution in [2.75, 3.05) is 26.2 Å². The van der Waals surface area contributed by atoms with Crippen LogP contribution in [-0.2, 0) is 11.3 Å². The van der Waals surface area contributed by atoms with Crippen molar-refractivity contribution in [2.45, 2.75) is 38.3 Å². The first-order chi connectivity index (χ1) is 11.8. The van der Waals surface area contributed by atoms with E-state index in [0.717, 1.165) is 56.5 Å². The van der Waals surface area contributed by atoms with Gasteiger partial charge in [0, 0.05) is 19.7 Å². The number of para-hydroxylation sites is 1. The number of nitrogens with zero attached hydrogens (tertiary/aromatic N) is 3. The van der Waals surface area contributed by atoms with Crippen molar-refractivity contribution in [2.24, 2.45) is 5.92 Å². The molecule has 2 fully saturated rings. The fourth-order valence-corrected chi connectivity index (χ4v) is 3.94. The van der Waals surface area contributed by atoms with E-state index in [9.17, 15) is 4.79 Å². The molecule has 0 amide bonds. The summed E-state index contributed by atoms with van der Waals surface area (Å²) >= 11 is 0. The topological polar surface area (TPSA) is 47.4 Å². The molecule has 0 N–H and O–H groups in total. The van der Waals surface area contributed by atoms with Crippen molar-refractivity contribution < 1.29 is 4.74 Å². The predicted molar refractivity (Wildman–Crippen MR) is 94.1 cm³/mol. The van der Waals surface area contributed by atoms with Gasteiger partial charge in [0.25, 0.3) is 5.56 Å². The molecule has 2 aliphatic heterocycles. The third kappa shape index (κ3) is 3.37. The lowest BCUT2D eigenvalue weighted by molar-refractivity contribution is 0.0583. The quantitative estimate of drug-likeness (QED) is 0.864. The fourth-order valence-electron chi connectivity index (χ4n) is 3.94. The Kier molecular flexibility index (Phi) is 4.63. The molecule has 128 valence electrons. The SMILES string of the molecule is O=c1c2ccccc2ncn1CC1CCN(CC2CCCO2)CC1. The maximum atomic E-state index is 12.6. The van der Waals surface area contributed by atoms with Gasteiger partial charge in [-0.05, 0) is 56.8 Å². The molecule has 0 bridgehead atoms. The van der Waals surface area contributed by atoms with Crippen LogP contribution in [0.4, 0.5) is 0 Å². The Morgan fingerprint density at radius 3 is 2.75 bits per heavy atom. The molecule has 1 unspecified atom stereocenters. The molecule has 0 saturated carbocycles. The van der Waals surface area contributed by atoms with Gasteiger partial charge in [-0.2, -0.15) is 0 Å². The highest BCUT2D eigenvalue weighted by Gasteiger charge is 2.24. The molecular weight excluding hydrogens is 302 g/mol. The third-order valence-electron chi connectivity index (χ3n) is 5.38. The summed E-state index contributed by atoms with van der Waals surface area (Å²) < 4.78 is 7.53. The largest absolute Gasteiger partial charge is 0.377 e. The molecule has 2 aliphatic rings. The van der Waals surface area contributed by atoms with Crippen LogP contribution in [0.5, 0.6) is 0 Å². The van der Waals surface area contributed by atoms with Gasteiger partial charge in [0.1, 0.15) is 0 Å². The lowest BCUT2D eigenvalue weighted by Crippen LogP contribution is -2.40. The highest BCUT2D eigenvalue weighted by atomic mass is 16.5. The van der Waals surface area contributed by atoms with Gasteiger partial charge >= 0.3 is 0 Å². The zero-order valence-corrected chi connectivity index (χ0v) is 14.1. The van der Waals surface area contributed by atoms with Crippen LogP contribution in [-0.4, -0.2) is 46.8 Å². The summed E-state index contributed by atoms with van der Waals surface area (Å²) in [6, 6.07) is 7.58.